The first-order valence-electron chi connectivity index (χ1n) is 7.69. The number of aromatic nitrogens is 2. The van der Waals surface area contributed by atoms with E-state index >= 15 is 0 Å². The molecule has 0 radical (unpaired) electrons. The molecule has 0 bridgehead atoms. The van der Waals surface area contributed by atoms with Crippen LogP contribution in [0.3, 0.4) is 0 Å². The van der Waals surface area contributed by atoms with Gasteiger partial charge in [0.2, 0.25) is 5.91 Å². The predicted molar refractivity (Wildman–Crippen MR) is 86.9 cm³/mol. The Balaban J connectivity index is 1.71. The van der Waals surface area contributed by atoms with Crippen LogP contribution in [-0.4, -0.2) is 47.5 Å². The van der Waals surface area contributed by atoms with Crippen LogP contribution < -0.4 is 10.1 Å². The molecule has 1 fully saturated rings. The fraction of sp³-hybridized carbons (Fsp3) is 0.353. The highest BCUT2D eigenvalue weighted by molar-refractivity contribution is 5.76. The molecule has 0 saturated carbocycles. The van der Waals surface area contributed by atoms with Gasteiger partial charge in [0.25, 0.3) is 0 Å². The molecule has 6 nitrogen and oxygen atoms in total. The van der Waals surface area contributed by atoms with Crippen LogP contribution in [0.1, 0.15) is 12.0 Å². The van der Waals surface area contributed by atoms with E-state index in [1.807, 2.05) is 36.7 Å². The van der Waals surface area contributed by atoms with Gasteiger partial charge in [-0.05, 0) is 12.1 Å². The molecule has 2 heterocycles. The number of hydrogen-bond acceptors (Lipinski definition) is 5. The number of nitrogens with zero attached hydrogens (tertiary/aromatic N) is 3. The summed E-state index contributed by atoms with van der Waals surface area (Å²) in [5.74, 6) is 1.53. The summed E-state index contributed by atoms with van der Waals surface area (Å²) >= 11 is 0. The fourth-order valence-electron chi connectivity index (χ4n) is 2.63. The molecule has 1 aromatic carbocycles. The Hall–Kier alpha value is -2.47. The smallest absolute Gasteiger partial charge is 0.221 e. The van der Waals surface area contributed by atoms with E-state index in [0.717, 1.165) is 36.5 Å². The molecule has 1 aromatic heterocycles. The van der Waals surface area contributed by atoms with Gasteiger partial charge in [0.15, 0.2) is 5.82 Å². The van der Waals surface area contributed by atoms with Crippen molar-refractivity contribution in [2.45, 2.75) is 13.0 Å². The number of ether oxygens (including phenoxy) is 1. The predicted octanol–water partition coefficient (Wildman–Crippen LogP) is 1.47. The van der Waals surface area contributed by atoms with Gasteiger partial charge < -0.3 is 10.1 Å². The number of carbonyl (C=O) groups is 1. The van der Waals surface area contributed by atoms with Gasteiger partial charge in [-0.15, -0.1) is 0 Å². The highest BCUT2D eigenvalue weighted by atomic mass is 16.5. The Bertz CT molecular complexity index is 673. The van der Waals surface area contributed by atoms with E-state index in [-0.39, 0.29) is 5.91 Å². The molecule has 1 amide bonds. The molecule has 2 aromatic rings. The molecule has 1 N–H and O–H groups in total. The molecule has 0 aliphatic carbocycles. The largest absolute Gasteiger partial charge is 0.496 e. The Morgan fingerprint density at radius 1 is 1.22 bits per heavy atom. The van der Waals surface area contributed by atoms with Crippen molar-refractivity contribution in [3.8, 4) is 17.1 Å². The van der Waals surface area contributed by atoms with Crippen molar-refractivity contribution >= 4 is 5.91 Å². The average molecular weight is 312 g/mol. The van der Waals surface area contributed by atoms with Crippen molar-refractivity contribution in [1.29, 1.82) is 0 Å². The van der Waals surface area contributed by atoms with Gasteiger partial charge in [-0.25, -0.2) is 9.97 Å². The van der Waals surface area contributed by atoms with E-state index < -0.39 is 0 Å². The minimum atomic E-state index is 0.121. The summed E-state index contributed by atoms with van der Waals surface area (Å²) in [4.78, 5) is 22.5. The lowest BCUT2D eigenvalue weighted by atomic mass is 10.2. The standard InChI is InChI=1S/C17H20N4O2/c1-23-15-5-3-2-4-14(15)17-19-10-13(11-20-17)12-21-8-6-16(22)18-7-9-21/h2-5,10-11H,6-9,12H2,1H3,(H,18,22). The molecule has 1 aliphatic rings. The fourth-order valence-corrected chi connectivity index (χ4v) is 2.63. The molecule has 1 aliphatic heterocycles. The summed E-state index contributed by atoms with van der Waals surface area (Å²) in [6, 6.07) is 7.70. The first kappa shape index (κ1) is 15.4. The molecule has 120 valence electrons. The number of para-hydroxylation sites is 1. The molecule has 0 spiro atoms. The Morgan fingerprint density at radius 3 is 2.78 bits per heavy atom. The lowest BCUT2D eigenvalue weighted by Gasteiger charge is -2.18. The van der Waals surface area contributed by atoms with Crippen LogP contribution in [-0.2, 0) is 11.3 Å². The molecule has 23 heavy (non-hydrogen) atoms. The van der Waals surface area contributed by atoms with E-state index in [9.17, 15) is 4.79 Å². The van der Waals surface area contributed by atoms with E-state index in [1.165, 1.54) is 0 Å². The van der Waals surface area contributed by atoms with Gasteiger partial charge in [-0.3, -0.25) is 9.69 Å². The van der Waals surface area contributed by atoms with Gasteiger partial charge in [-0.1, -0.05) is 12.1 Å². The Kier molecular flexibility index (Phi) is 4.83. The second-order valence-corrected chi connectivity index (χ2v) is 5.49. The number of methoxy groups -OCH3 is 1. The second kappa shape index (κ2) is 7.19. The van der Waals surface area contributed by atoms with Crippen molar-refractivity contribution in [3.05, 3.63) is 42.2 Å². The monoisotopic (exact) mass is 312 g/mol. The van der Waals surface area contributed by atoms with Gasteiger partial charge in [-0.2, -0.15) is 0 Å². The zero-order valence-electron chi connectivity index (χ0n) is 13.2. The summed E-state index contributed by atoms with van der Waals surface area (Å²) in [5.41, 5.74) is 1.92. The summed E-state index contributed by atoms with van der Waals surface area (Å²) < 4.78 is 5.35. The molecule has 1 saturated heterocycles. The van der Waals surface area contributed by atoms with Gasteiger partial charge in [0.05, 0.1) is 12.7 Å². The van der Waals surface area contributed by atoms with Crippen molar-refractivity contribution in [2.24, 2.45) is 0 Å². The van der Waals surface area contributed by atoms with Crippen LogP contribution in [0.4, 0.5) is 0 Å². The number of rotatable bonds is 4. The number of amides is 1. The Morgan fingerprint density at radius 2 is 2.00 bits per heavy atom. The Labute approximate surface area is 135 Å². The van der Waals surface area contributed by atoms with E-state index in [2.05, 4.69) is 20.2 Å². The maximum absolute atomic E-state index is 11.4. The van der Waals surface area contributed by atoms with Crippen molar-refractivity contribution in [3.63, 3.8) is 0 Å². The van der Waals surface area contributed by atoms with Crippen molar-refractivity contribution in [1.82, 2.24) is 20.2 Å². The van der Waals surface area contributed by atoms with Crippen LogP contribution >= 0.6 is 0 Å². The number of benzene rings is 1. The van der Waals surface area contributed by atoms with E-state index in [4.69, 9.17) is 4.74 Å². The maximum Gasteiger partial charge on any atom is 0.221 e. The van der Waals surface area contributed by atoms with E-state index in [1.54, 1.807) is 7.11 Å². The zero-order chi connectivity index (χ0) is 16.1. The number of nitrogens with one attached hydrogen (secondary N) is 1. The van der Waals surface area contributed by atoms with Gasteiger partial charge in [0.1, 0.15) is 5.75 Å². The normalized spacial score (nSPS) is 15.8. The minimum Gasteiger partial charge on any atom is -0.496 e. The summed E-state index contributed by atoms with van der Waals surface area (Å²) in [7, 11) is 1.64. The lowest BCUT2D eigenvalue weighted by molar-refractivity contribution is -0.120. The third kappa shape index (κ3) is 3.84. The lowest BCUT2D eigenvalue weighted by Crippen LogP contribution is -2.28. The minimum absolute atomic E-state index is 0.121. The first-order chi connectivity index (χ1) is 11.3. The topological polar surface area (TPSA) is 67.3 Å². The summed E-state index contributed by atoms with van der Waals surface area (Å²) in [5, 5.41) is 2.88. The third-order valence-electron chi connectivity index (χ3n) is 3.86. The second-order valence-electron chi connectivity index (χ2n) is 5.49. The first-order valence-corrected chi connectivity index (χ1v) is 7.69. The van der Waals surface area contributed by atoms with Gasteiger partial charge >= 0.3 is 0 Å². The molecule has 3 rings (SSSR count). The van der Waals surface area contributed by atoms with Gasteiger partial charge in [0, 0.05) is 50.6 Å². The third-order valence-corrected chi connectivity index (χ3v) is 3.86. The van der Waals surface area contributed by atoms with Crippen LogP contribution in [0.15, 0.2) is 36.7 Å². The number of carbonyl (C=O) groups excluding carboxylic acids is 1. The van der Waals surface area contributed by atoms with Crippen LogP contribution in [0, 0.1) is 0 Å². The van der Waals surface area contributed by atoms with Crippen LogP contribution in [0.2, 0.25) is 0 Å². The number of hydrogen-bond donors (Lipinski definition) is 1. The SMILES string of the molecule is COc1ccccc1-c1ncc(CN2CCNC(=O)CC2)cn1. The maximum atomic E-state index is 11.4. The van der Waals surface area contributed by atoms with E-state index in [0.29, 0.717) is 18.8 Å². The average Bonchev–Trinajstić information content (AvgIpc) is 2.80. The highest BCUT2D eigenvalue weighted by Gasteiger charge is 2.14. The molecule has 0 atom stereocenters. The van der Waals surface area contributed by atoms with Crippen molar-refractivity contribution < 1.29 is 9.53 Å². The highest BCUT2D eigenvalue weighted by Crippen LogP contribution is 2.26. The molecular weight excluding hydrogens is 292 g/mol. The zero-order valence-corrected chi connectivity index (χ0v) is 13.2. The summed E-state index contributed by atoms with van der Waals surface area (Å²) in [6.45, 7) is 3.06. The summed E-state index contributed by atoms with van der Waals surface area (Å²) in [6.07, 6.45) is 4.23. The van der Waals surface area contributed by atoms with Crippen molar-refractivity contribution in [2.75, 3.05) is 26.7 Å². The molecule has 6 heteroatoms. The van der Waals surface area contributed by atoms with Crippen LogP contribution in [0.5, 0.6) is 5.75 Å². The molecule has 0 unspecified atom stereocenters. The van der Waals surface area contributed by atoms with Crippen LogP contribution in [0.25, 0.3) is 11.4 Å². The quantitative estimate of drug-likeness (QED) is 0.926. The molecular formula is C17H20N4O2.